The number of halogens is 1. The number of hydrogen-bond acceptors (Lipinski definition) is 3. The Balaban J connectivity index is 1.93. The normalized spacial score (nSPS) is 14.7. The minimum Gasteiger partial charge on any atom is -0.490 e. The lowest BCUT2D eigenvalue weighted by Gasteiger charge is -2.15. The predicted molar refractivity (Wildman–Crippen MR) is 86.3 cm³/mol. The van der Waals surface area contributed by atoms with Crippen LogP contribution in [-0.4, -0.2) is 13.2 Å². The van der Waals surface area contributed by atoms with Gasteiger partial charge in [0.05, 0.1) is 18.0 Å². The fraction of sp³-hybridized carbons (Fsp3) is 0.529. The van der Waals surface area contributed by atoms with Crippen molar-refractivity contribution in [2.45, 2.75) is 45.4 Å². The zero-order valence-corrected chi connectivity index (χ0v) is 12.8. The zero-order valence-electron chi connectivity index (χ0n) is 12.8. The first-order chi connectivity index (χ1) is 10.2. The van der Waals surface area contributed by atoms with Crippen molar-refractivity contribution < 1.29 is 9.13 Å². The molecule has 0 atom stereocenters. The van der Waals surface area contributed by atoms with E-state index in [1.165, 1.54) is 37.3 Å². The van der Waals surface area contributed by atoms with E-state index in [1.807, 2.05) is 6.92 Å². The second-order valence-corrected chi connectivity index (χ2v) is 5.50. The Hall–Kier alpha value is -1.71. The third kappa shape index (κ3) is 4.66. The topological polar surface area (TPSA) is 47.3 Å². The molecule has 3 N–H and O–H groups in total. The van der Waals surface area contributed by atoms with E-state index >= 15 is 0 Å². The second kappa shape index (κ2) is 7.91. The van der Waals surface area contributed by atoms with Gasteiger partial charge in [-0.1, -0.05) is 18.6 Å². The quantitative estimate of drug-likeness (QED) is 0.574. The van der Waals surface area contributed by atoms with Crippen LogP contribution in [0.3, 0.4) is 0 Å². The average Bonchev–Trinajstić information content (AvgIpc) is 2.49. The third-order valence-corrected chi connectivity index (χ3v) is 3.71. The molecular formula is C17H25FN2O. The highest BCUT2D eigenvalue weighted by Gasteiger charge is 2.09. The first kappa shape index (κ1) is 15.7. The molecule has 0 aliphatic heterocycles. The van der Waals surface area contributed by atoms with Crippen molar-refractivity contribution in [2.24, 2.45) is 0 Å². The van der Waals surface area contributed by atoms with Crippen LogP contribution in [-0.2, 0) is 0 Å². The van der Waals surface area contributed by atoms with Gasteiger partial charge in [0.25, 0.3) is 0 Å². The van der Waals surface area contributed by atoms with Crippen LogP contribution in [0.5, 0.6) is 5.75 Å². The molecule has 4 heteroatoms. The highest BCUT2D eigenvalue weighted by Crippen LogP contribution is 2.29. The summed E-state index contributed by atoms with van der Waals surface area (Å²) >= 11 is 0. The molecule has 0 heterocycles. The first-order valence-electron chi connectivity index (χ1n) is 7.84. The molecule has 0 unspecified atom stereocenters. The number of nitrogens with one attached hydrogen (secondary N) is 1. The fourth-order valence-corrected chi connectivity index (χ4v) is 2.53. The van der Waals surface area contributed by atoms with Crippen molar-refractivity contribution in [2.75, 3.05) is 24.2 Å². The molecule has 0 bridgehead atoms. The summed E-state index contributed by atoms with van der Waals surface area (Å²) in [7, 11) is 0. The van der Waals surface area contributed by atoms with Gasteiger partial charge in [-0.05, 0) is 38.5 Å². The Labute approximate surface area is 126 Å². The Morgan fingerprint density at radius 2 is 2.19 bits per heavy atom. The minimum atomic E-state index is -0.401. The van der Waals surface area contributed by atoms with Gasteiger partial charge in [0, 0.05) is 18.7 Å². The van der Waals surface area contributed by atoms with E-state index in [-0.39, 0.29) is 5.75 Å². The highest BCUT2D eigenvalue weighted by atomic mass is 19.1. The molecule has 1 aromatic rings. The summed E-state index contributed by atoms with van der Waals surface area (Å²) in [4.78, 5) is 0. The summed E-state index contributed by atoms with van der Waals surface area (Å²) in [6.45, 7) is 3.31. The second-order valence-electron chi connectivity index (χ2n) is 5.50. The van der Waals surface area contributed by atoms with Gasteiger partial charge in [-0.3, -0.25) is 0 Å². The molecule has 0 fully saturated rings. The molecule has 116 valence electrons. The first-order valence-corrected chi connectivity index (χ1v) is 7.84. The third-order valence-electron chi connectivity index (χ3n) is 3.71. The molecule has 0 amide bonds. The molecule has 21 heavy (non-hydrogen) atoms. The van der Waals surface area contributed by atoms with Crippen LogP contribution in [0, 0.1) is 5.82 Å². The van der Waals surface area contributed by atoms with Gasteiger partial charge in [0.1, 0.15) is 0 Å². The maximum Gasteiger partial charge on any atom is 0.167 e. The summed E-state index contributed by atoms with van der Waals surface area (Å²) in [5.41, 5.74) is 8.55. The number of benzene rings is 1. The van der Waals surface area contributed by atoms with E-state index in [9.17, 15) is 4.39 Å². The Morgan fingerprint density at radius 3 is 2.90 bits per heavy atom. The van der Waals surface area contributed by atoms with Crippen LogP contribution in [0.25, 0.3) is 0 Å². The van der Waals surface area contributed by atoms with Crippen LogP contribution in [0.2, 0.25) is 0 Å². The van der Waals surface area contributed by atoms with Crippen LogP contribution in [0.4, 0.5) is 15.8 Å². The molecule has 1 aliphatic rings. The molecule has 0 saturated heterocycles. The van der Waals surface area contributed by atoms with Crippen LogP contribution >= 0.6 is 0 Å². The van der Waals surface area contributed by atoms with Crippen LogP contribution in [0.15, 0.2) is 23.8 Å². The molecule has 0 spiro atoms. The van der Waals surface area contributed by atoms with E-state index in [0.717, 1.165) is 25.1 Å². The van der Waals surface area contributed by atoms with Crippen molar-refractivity contribution in [1.82, 2.24) is 0 Å². The summed E-state index contributed by atoms with van der Waals surface area (Å²) in [5.74, 6) is -0.132. The van der Waals surface area contributed by atoms with Gasteiger partial charge < -0.3 is 15.8 Å². The largest absolute Gasteiger partial charge is 0.490 e. The Morgan fingerprint density at radius 1 is 1.33 bits per heavy atom. The average molecular weight is 292 g/mol. The highest BCUT2D eigenvalue weighted by molar-refractivity contribution is 5.68. The van der Waals surface area contributed by atoms with Gasteiger partial charge in [-0.2, -0.15) is 0 Å². The maximum atomic E-state index is 13.7. The van der Waals surface area contributed by atoms with Crippen molar-refractivity contribution in [3.8, 4) is 5.75 Å². The smallest absolute Gasteiger partial charge is 0.167 e. The number of rotatable bonds is 7. The molecule has 2 rings (SSSR count). The maximum absolute atomic E-state index is 13.7. The monoisotopic (exact) mass is 292 g/mol. The van der Waals surface area contributed by atoms with Gasteiger partial charge in [-0.25, -0.2) is 4.39 Å². The molecule has 0 saturated carbocycles. The van der Waals surface area contributed by atoms with Gasteiger partial charge in [0.15, 0.2) is 11.6 Å². The van der Waals surface area contributed by atoms with Crippen molar-refractivity contribution in [3.63, 3.8) is 0 Å². The Bertz CT molecular complexity index is 500. The molecule has 0 aromatic heterocycles. The summed E-state index contributed by atoms with van der Waals surface area (Å²) < 4.78 is 19.1. The summed E-state index contributed by atoms with van der Waals surface area (Å²) in [6.07, 6.45) is 9.20. The lowest BCUT2D eigenvalue weighted by atomic mass is 9.97. The minimum absolute atomic E-state index is 0.269. The molecule has 1 aliphatic carbocycles. The van der Waals surface area contributed by atoms with Crippen LogP contribution in [0.1, 0.15) is 45.4 Å². The molecular weight excluding hydrogens is 267 g/mol. The van der Waals surface area contributed by atoms with Gasteiger partial charge in [-0.15, -0.1) is 0 Å². The Kier molecular flexibility index (Phi) is 5.90. The van der Waals surface area contributed by atoms with Crippen LogP contribution < -0.4 is 15.8 Å². The van der Waals surface area contributed by atoms with Crippen molar-refractivity contribution in [1.29, 1.82) is 0 Å². The number of anilines is 2. The van der Waals surface area contributed by atoms with Crippen molar-refractivity contribution >= 4 is 11.4 Å². The zero-order chi connectivity index (χ0) is 15.1. The predicted octanol–water partition coefficient (Wildman–Crippen LogP) is 4.50. The number of allylic oxidation sites excluding steroid dienone is 1. The van der Waals surface area contributed by atoms with E-state index < -0.39 is 5.82 Å². The van der Waals surface area contributed by atoms with E-state index in [0.29, 0.717) is 12.3 Å². The number of ether oxygens (including phenoxy) is 1. The number of hydrogen-bond donors (Lipinski definition) is 2. The fourth-order valence-electron chi connectivity index (χ4n) is 2.53. The van der Waals surface area contributed by atoms with Crippen molar-refractivity contribution in [3.05, 3.63) is 29.6 Å². The van der Waals surface area contributed by atoms with E-state index in [1.54, 1.807) is 6.07 Å². The lowest BCUT2D eigenvalue weighted by molar-refractivity contribution is 0.301. The molecule has 1 aromatic carbocycles. The molecule has 0 radical (unpaired) electrons. The SMILES string of the molecule is CCCOc1cc(NCCC2=CCCCC2)c(N)cc1F. The van der Waals surface area contributed by atoms with E-state index in [2.05, 4.69) is 11.4 Å². The number of nitrogens with two attached hydrogens (primary N) is 1. The van der Waals surface area contributed by atoms with Gasteiger partial charge in [0.2, 0.25) is 0 Å². The summed E-state index contributed by atoms with van der Waals surface area (Å²) in [6, 6.07) is 2.99. The molecule has 3 nitrogen and oxygen atoms in total. The number of nitrogen functional groups attached to an aromatic ring is 1. The van der Waals surface area contributed by atoms with E-state index in [4.69, 9.17) is 10.5 Å². The lowest BCUT2D eigenvalue weighted by Crippen LogP contribution is -2.08. The van der Waals surface area contributed by atoms with Gasteiger partial charge >= 0.3 is 0 Å². The standard InChI is InChI=1S/C17H25FN2O/c1-2-10-21-17-12-16(15(19)11-14(17)18)20-9-8-13-6-4-3-5-7-13/h6,11-12,20H,2-5,7-10,19H2,1H3. The summed E-state index contributed by atoms with van der Waals surface area (Å²) in [5, 5.41) is 3.29.